The van der Waals surface area contributed by atoms with Crippen LogP contribution in [0.3, 0.4) is 0 Å². The Morgan fingerprint density at radius 2 is 1.75 bits per heavy atom. The summed E-state index contributed by atoms with van der Waals surface area (Å²) in [6.07, 6.45) is 0.990. The van der Waals surface area contributed by atoms with Crippen LogP contribution in [0.1, 0.15) is 16.7 Å². The average Bonchev–Trinajstić information content (AvgIpc) is 2.66. The molecule has 2 aromatic rings. The first-order valence-electron chi connectivity index (χ1n) is 5.31. The standard InChI is InChI=1S/C14H12N2/c15-14(16)11-6-5-10-7-9-3-1-2-4-12(9)13(10)8-11/h1-6,8H,7H2,(H3,15,16). The highest BCUT2D eigenvalue weighted by molar-refractivity contribution is 5.97. The minimum atomic E-state index is 0.132. The second kappa shape index (κ2) is 3.20. The monoisotopic (exact) mass is 208 g/mol. The van der Waals surface area contributed by atoms with Crippen LogP contribution in [-0.2, 0) is 6.42 Å². The summed E-state index contributed by atoms with van der Waals surface area (Å²) in [7, 11) is 0. The second-order valence-corrected chi connectivity index (χ2v) is 4.12. The number of nitrogen functional groups attached to an aromatic ring is 1. The van der Waals surface area contributed by atoms with E-state index >= 15 is 0 Å². The van der Waals surface area contributed by atoms with Crippen molar-refractivity contribution in [1.29, 1.82) is 5.41 Å². The van der Waals surface area contributed by atoms with Gasteiger partial charge >= 0.3 is 0 Å². The van der Waals surface area contributed by atoms with E-state index in [-0.39, 0.29) is 5.84 Å². The third kappa shape index (κ3) is 1.23. The van der Waals surface area contributed by atoms with Gasteiger partial charge in [0.05, 0.1) is 0 Å². The number of hydrogen-bond donors (Lipinski definition) is 2. The van der Waals surface area contributed by atoms with E-state index in [0.29, 0.717) is 0 Å². The molecule has 3 N–H and O–H groups in total. The van der Waals surface area contributed by atoms with E-state index in [4.69, 9.17) is 11.1 Å². The van der Waals surface area contributed by atoms with E-state index in [0.717, 1.165) is 12.0 Å². The molecule has 16 heavy (non-hydrogen) atoms. The average molecular weight is 208 g/mol. The zero-order chi connectivity index (χ0) is 11.1. The third-order valence-corrected chi connectivity index (χ3v) is 3.11. The summed E-state index contributed by atoms with van der Waals surface area (Å²) in [5, 5.41) is 7.46. The highest BCUT2D eigenvalue weighted by Crippen LogP contribution is 2.36. The van der Waals surface area contributed by atoms with Crippen molar-refractivity contribution in [2.75, 3.05) is 0 Å². The van der Waals surface area contributed by atoms with Crippen molar-refractivity contribution in [2.24, 2.45) is 5.73 Å². The molecule has 0 heterocycles. The molecule has 0 fully saturated rings. The van der Waals surface area contributed by atoms with E-state index < -0.39 is 0 Å². The predicted molar refractivity (Wildman–Crippen MR) is 65.7 cm³/mol. The molecule has 0 bridgehead atoms. The van der Waals surface area contributed by atoms with Crippen molar-refractivity contribution in [3.8, 4) is 11.1 Å². The minimum absolute atomic E-state index is 0.132. The van der Waals surface area contributed by atoms with Gasteiger partial charge in [-0.25, -0.2) is 0 Å². The Labute approximate surface area is 94.2 Å². The van der Waals surface area contributed by atoms with Crippen LogP contribution in [0, 0.1) is 5.41 Å². The molecule has 2 heteroatoms. The SMILES string of the molecule is N=C(N)c1ccc2c(c1)-c1ccccc1C2. The van der Waals surface area contributed by atoms with Crippen molar-refractivity contribution >= 4 is 5.84 Å². The molecule has 0 spiro atoms. The lowest BCUT2D eigenvalue weighted by Crippen LogP contribution is -2.10. The molecule has 1 aliphatic carbocycles. The third-order valence-electron chi connectivity index (χ3n) is 3.11. The van der Waals surface area contributed by atoms with Crippen molar-refractivity contribution in [2.45, 2.75) is 6.42 Å². The summed E-state index contributed by atoms with van der Waals surface area (Å²) in [5.74, 6) is 0.132. The number of nitrogens with two attached hydrogens (primary N) is 1. The Bertz CT molecular complexity index is 585. The normalized spacial score (nSPS) is 12.0. The molecule has 2 aromatic carbocycles. The van der Waals surface area contributed by atoms with E-state index in [1.165, 1.54) is 22.3 Å². The summed E-state index contributed by atoms with van der Waals surface area (Å²) in [5.41, 5.74) is 11.5. The molecular formula is C14H12N2. The van der Waals surface area contributed by atoms with Gasteiger partial charge in [-0.2, -0.15) is 0 Å². The Morgan fingerprint density at radius 1 is 1.00 bits per heavy atom. The Morgan fingerprint density at radius 3 is 2.56 bits per heavy atom. The first-order chi connectivity index (χ1) is 7.75. The maximum absolute atomic E-state index is 7.46. The molecular weight excluding hydrogens is 196 g/mol. The van der Waals surface area contributed by atoms with Gasteiger partial charge in [0.15, 0.2) is 0 Å². The van der Waals surface area contributed by atoms with Gasteiger partial charge in [-0.05, 0) is 34.7 Å². The Hall–Kier alpha value is -2.09. The maximum Gasteiger partial charge on any atom is 0.122 e. The quantitative estimate of drug-likeness (QED) is 0.468. The summed E-state index contributed by atoms with van der Waals surface area (Å²) in [6.45, 7) is 0. The lowest BCUT2D eigenvalue weighted by Gasteiger charge is -2.03. The summed E-state index contributed by atoms with van der Waals surface area (Å²) in [4.78, 5) is 0. The number of fused-ring (bicyclic) bond motifs is 3. The van der Waals surface area contributed by atoms with Crippen LogP contribution in [0.25, 0.3) is 11.1 Å². The van der Waals surface area contributed by atoms with Crippen molar-refractivity contribution in [3.05, 3.63) is 59.2 Å². The fourth-order valence-electron chi connectivity index (χ4n) is 2.29. The summed E-state index contributed by atoms with van der Waals surface area (Å²) < 4.78 is 0. The van der Waals surface area contributed by atoms with Gasteiger partial charge in [0.25, 0.3) is 0 Å². The number of rotatable bonds is 1. The highest BCUT2D eigenvalue weighted by Gasteiger charge is 2.17. The molecule has 0 aromatic heterocycles. The van der Waals surface area contributed by atoms with Gasteiger partial charge in [-0.15, -0.1) is 0 Å². The molecule has 2 nitrogen and oxygen atoms in total. The van der Waals surface area contributed by atoms with Gasteiger partial charge in [0.1, 0.15) is 5.84 Å². The summed E-state index contributed by atoms with van der Waals surface area (Å²) in [6, 6.07) is 14.4. The van der Waals surface area contributed by atoms with Gasteiger partial charge in [-0.3, -0.25) is 5.41 Å². The lowest BCUT2D eigenvalue weighted by atomic mass is 10.0. The van der Waals surface area contributed by atoms with Crippen LogP contribution in [0.5, 0.6) is 0 Å². The molecule has 0 aliphatic heterocycles. The van der Waals surface area contributed by atoms with E-state index in [1.54, 1.807) is 0 Å². The molecule has 1 aliphatic rings. The zero-order valence-electron chi connectivity index (χ0n) is 8.83. The van der Waals surface area contributed by atoms with Crippen LogP contribution >= 0.6 is 0 Å². The van der Waals surface area contributed by atoms with Gasteiger partial charge in [-0.1, -0.05) is 36.4 Å². The van der Waals surface area contributed by atoms with Crippen molar-refractivity contribution < 1.29 is 0 Å². The lowest BCUT2D eigenvalue weighted by molar-refractivity contribution is 1.26. The second-order valence-electron chi connectivity index (χ2n) is 4.12. The predicted octanol–water partition coefficient (Wildman–Crippen LogP) is 2.54. The molecule has 0 saturated heterocycles. The largest absolute Gasteiger partial charge is 0.384 e. The number of amidine groups is 1. The fourth-order valence-corrected chi connectivity index (χ4v) is 2.29. The maximum atomic E-state index is 7.46. The Kier molecular flexibility index (Phi) is 1.83. The van der Waals surface area contributed by atoms with E-state index in [1.807, 2.05) is 18.2 Å². The van der Waals surface area contributed by atoms with Crippen molar-refractivity contribution in [3.63, 3.8) is 0 Å². The molecule has 0 saturated carbocycles. The molecule has 0 unspecified atom stereocenters. The van der Waals surface area contributed by atoms with Gasteiger partial charge < -0.3 is 5.73 Å². The van der Waals surface area contributed by atoms with Crippen LogP contribution in [0.4, 0.5) is 0 Å². The number of benzene rings is 2. The highest BCUT2D eigenvalue weighted by atomic mass is 14.7. The van der Waals surface area contributed by atoms with Crippen LogP contribution in [-0.4, -0.2) is 5.84 Å². The molecule has 78 valence electrons. The fraction of sp³-hybridized carbons (Fsp3) is 0.0714. The first kappa shape index (κ1) is 9.16. The first-order valence-corrected chi connectivity index (χ1v) is 5.31. The molecule has 0 radical (unpaired) electrons. The van der Waals surface area contributed by atoms with Gasteiger partial charge in [0.2, 0.25) is 0 Å². The zero-order valence-corrected chi connectivity index (χ0v) is 8.83. The van der Waals surface area contributed by atoms with E-state index in [9.17, 15) is 0 Å². The van der Waals surface area contributed by atoms with Gasteiger partial charge in [0, 0.05) is 5.56 Å². The van der Waals surface area contributed by atoms with Crippen LogP contribution < -0.4 is 5.73 Å². The summed E-state index contributed by atoms with van der Waals surface area (Å²) >= 11 is 0. The topological polar surface area (TPSA) is 49.9 Å². The number of nitrogens with one attached hydrogen (secondary N) is 1. The molecule has 0 amide bonds. The van der Waals surface area contributed by atoms with E-state index in [2.05, 4.69) is 24.3 Å². The number of hydrogen-bond acceptors (Lipinski definition) is 1. The minimum Gasteiger partial charge on any atom is -0.384 e. The smallest absolute Gasteiger partial charge is 0.122 e. The molecule has 0 atom stereocenters. The van der Waals surface area contributed by atoms with Crippen LogP contribution in [0.2, 0.25) is 0 Å². The Balaban J connectivity index is 2.22. The molecule has 3 rings (SSSR count). The van der Waals surface area contributed by atoms with Crippen molar-refractivity contribution in [1.82, 2.24) is 0 Å². The van der Waals surface area contributed by atoms with Crippen LogP contribution in [0.15, 0.2) is 42.5 Å².